The highest BCUT2D eigenvalue weighted by atomic mass is 79.9. The van der Waals surface area contributed by atoms with Crippen LogP contribution in [-0.2, 0) is 2.86 Å². The smallest absolute Gasteiger partial charge is 0.0725 e. The summed E-state index contributed by atoms with van der Waals surface area (Å²) in [4.78, 5) is 0. The van der Waals surface area contributed by atoms with Gasteiger partial charge in [-0.3, -0.25) is 0 Å². The lowest BCUT2D eigenvalue weighted by atomic mass is 10.2. The van der Waals surface area contributed by atoms with Crippen molar-refractivity contribution in [1.29, 1.82) is 0 Å². The second kappa shape index (κ2) is 3.73. The van der Waals surface area contributed by atoms with Crippen LogP contribution in [0.5, 0.6) is 0 Å². The third-order valence-corrected chi connectivity index (χ3v) is 3.43. The molecule has 1 rings (SSSR count). The van der Waals surface area contributed by atoms with Crippen LogP contribution in [0.2, 0.25) is 0 Å². The Morgan fingerprint density at radius 2 is 1.73 bits per heavy atom. The summed E-state index contributed by atoms with van der Waals surface area (Å²) >= 11 is 10.7. The first kappa shape index (κ1) is 9.96. The molecule has 0 saturated carbocycles. The molecule has 4 heteroatoms. The van der Waals surface area contributed by atoms with Crippen LogP contribution in [0.1, 0.15) is 5.56 Å². The zero-order valence-corrected chi connectivity index (χ0v) is 12.7. The number of halogens is 3. The predicted octanol–water partition coefficient (Wildman–Crippen LogP) is 2.71. The minimum Gasteiger partial charge on any atom is -0.0725 e. The minimum atomic E-state index is 0.0000926. The molecule has 0 N–H and O–H groups in total. The lowest BCUT2D eigenvalue weighted by Gasteiger charge is -2.15. The van der Waals surface area contributed by atoms with E-state index in [1.54, 1.807) is 0 Å². The van der Waals surface area contributed by atoms with E-state index in [4.69, 9.17) is 0 Å². The monoisotopic (exact) mass is 356 g/mol. The van der Waals surface area contributed by atoms with Gasteiger partial charge >= 0.3 is 0 Å². The largest absolute Gasteiger partial charge is 0.0865 e. The van der Waals surface area contributed by atoms with Crippen molar-refractivity contribution in [1.82, 2.24) is 0 Å². The summed E-state index contributed by atoms with van der Waals surface area (Å²) in [5, 5.41) is 0. The first-order chi connectivity index (χ1) is 5.02. The van der Waals surface area contributed by atoms with Crippen LogP contribution in [-0.4, -0.2) is 10.2 Å². The summed E-state index contributed by atoms with van der Waals surface area (Å²) in [6.07, 6.45) is 0. The van der Waals surface area contributed by atoms with Crippen LogP contribution < -0.4 is 0 Å². The number of hydrogen-bond donors (Lipinski definition) is 0. The third kappa shape index (κ3) is 2.68. The van der Waals surface area contributed by atoms with Gasteiger partial charge in [0.2, 0.25) is 0 Å². The maximum absolute atomic E-state index is 3.59. The molecule has 0 radical (unpaired) electrons. The van der Waals surface area contributed by atoms with Gasteiger partial charge in [-0.25, -0.2) is 0 Å². The Kier molecular flexibility index (Phi) is 3.37. The Labute approximate surface area is 94.6 Å². The first-order valence-corrected chi connectivity index (χ1v) is 6.52. The first-order valence-electron chi connectivity index (χ1n) is 3.14. The Bertz CT molecular complexity index is 254. The van der Waals surface area contributed by atoms with Gasteiger partial charge in [-0.05, 0) is 11.6 Å². The zero-order chi connectivity index (χ0) is 8.48. The van der Waals surface area contributed by atoms with E-state index in [2.05, 4.69) is 53.9 Å². The topological polar surface area (TPSA) is 0 Å². The average Bonchev–Trinajstić information content (AvgIpc) is 1.86. The van der Waals surface area contributed by atoms with E-state index >= 15 is 0 Å². The fraction of sp³-hybridized carbons (Fsp3) is 0.143. The lowest BCUT2D eigenvalue weighted by molar-refractivity contribution is 1.30. The van der Waals surface area contributed by atoms with Gasteiger partial charge in [0, 0.05) is 14.7 Å². The summed E-state index contributed by atoms with van der Waals surface area (Å²) in [6, 6.07) is 8.20. The van der Waals surface area contributed by atoms with Crippen LogP contribution in [0.4, 0.5) is 0 Å². The Morgan fingerprint density at radius 1 is 1.18 bits per heavy atom. The van der Waals surface area contributed by atoms with Gasteiger partial charge in [0.25, 0.3) is 0 Å². The predicted molar refractivity (Wildman–Crippen MR) is 63.6 cm³/mol. The molecule has 0 aliphatic heterocycles. The van der Waals surface area contributed by atoms with Crippen LogP contribution in [0.15, 0.2) is 28.7 Å². The summed E-state index contributed by atoms with van der Waals surface area (Å²) < 4.78 is 1.14. The standard InChI is InChI=1S/C7H7Br3Si/c8-6-4-2-1-3-5(6)7(9,10)11/h1-4H,11H3. The van der Waals surface area contributed by atoms with Crippen LogP contribution in [0, 0.1) is 0 Å². The molecule has 0 atom stereocenters. The van der Waals surface area contributed by atoms with Gasteiger partial charge in [-0.1, -0.05) is 66.0 Å². The quantitative estimate of drug-likeness (QED) is 0.535. The Morgan fingerprint density at radius 3 is 2.09 bits per heavy atom. The molecule has 1 aromatic carbocycles. The van der Waals surface area contributed by atoms with E-state index in [1.165, 1.54) is 5.56 Å². The molecule has 0 heterocycles. The highest BCUT2D eigenvalue weighted by Crippen LogP contribution is 2.38. The van der Waals surface area contributed by atoms with Crippen LogP contribution >= 0.6 is 47.8 Å². The molecule has 0 spiro atoms. The molecular weight excluding hydrogens is 352 g/mol. The number of benzene rings is 1. The number of hydrogen-bond acceptors (Lipinski definition) is 0. The number of rotatable bonds is 1. The Balaban J connectivity index is 3.14. The maximum Gasteiger partial charge on any atom is 0.0865 e. The molecule has 0 nitrogen and oxygen atoms in total. The Hall–Kier alpha value is 0.877. The van der Waals surface area contributed by atoms with Crippen molar-refractivity contribution in [3.05, 3.63) is 34.3 Å². The van der Waals surface area contributed by atoms with Crippen molar-refractivity contribution in [2.45, 2.75) is 2.86 Å². The van der Waals surface area contributed by atoms with Crippen molar-refractivity contribution < 1.29 is 0 Å². The third-order valence-electron chi connectivity index (χ3n) is 1.35. The van der Waals surface area contributed by atoms with Crippen molar-refractivity contribution >= 4 is 58.0 Å². The molecular formula is C7H7Br3Si. The fourth-order valence-electron chi connectivity index (χ4n) is 0.817. The molecule has 0 aliphatic carbocycles. The molecule has 0 amide bonds. The second-order valence-electron chi connectivity index (χ2n) is 2.37. The SMILES string of the molecule is [SiH3]C(Br)(Br)c1ccccc1Br. The van der Waals surface area contributed by atoms with Gasteiger partial charge < -0.3 is 0 Å². The van der Waals surface area contributed by atoms with E-state index in [0.29, 0.717) is 0 Å². The summed E-state index contributed by atoms with van der Waals surface area (Å²) in [5.74, 6) is 0. The normalized spacial score (nSPS) is 11.9. The van der Waals surface area contributed by atoms with E-state index < -0.39 is 0 Å². The molecule has 0 bridgehead atoms. The van der Waals surface area contributed by atoms with Gasteiger partial charge in [-0.15, -0.1) is 0 Å². The van der Waals surface area contributed by atoms with Crippen molar-refractivity contribution in [2.24, 2.45) is 0 Å². The zero-order valence-electron chi connectivity index (χ0n) is 5.94. The van der Waals surface area contributed by atoms with Gasteiger partial charge in [0.1, 0.15) is 0 Å². The molecule has 11 heavy (non-hydrogen) atoms. The highest BCUT2D eigenvalue weighted by molar-refractivity contribution is 9.25. The summed E-state index contributed by atoms with van der Waals surface area (Å²) in [7, 11) is 1.02. The van der Waals surface area contributed by atoms with E-state index in [1.807, 2.05) is 18.2 Å². The number of alkyl halides is 2. The molecule has 60 valence electrons. The van der Waals surface area contributed by atoms with E-state index in [-0.39, 0.29) is 2.86 Å². The lowest BCUT2D eigenvalue weighted by Crippen LogP contribution is -2.08. The molecule has 1 aromatic rings. The highest BCUT2D eigenvalue weighted by Gasteiger charge is 2.19. The summed E-state index contributed by atoms with van der Waals surface area (Å²) in [5.41, 5.74) is 1.26. The molecule has 0 unspecified atom stereocenters. The minimum absolute atomic E-state index is 0.0000926. The van der Waals surface area contributed by atoms with E-state index in [0.717, 1.165) is 14.7 Å². The van der Waals surface area contributed by atoms with Crippen LogP contribution in [0.3, 0.4) is 0 Å². The van der Waals surface area contributed by atoms with E-state index in [9.17, 15) is 0 Å². The van der Waals surface area contributed by atoms with Crippen molar-refractivity contribution in [2.75, 3.05) is 0 Å². The molecule has 0 aromatic heterocycles. The van der Waals surface area contributed by atoms with Crippen molar-refractivity contribution in [3.8, 4) is 0 Å². The van der Waals surface area contributed by atoms with Crippen LogP contribution in [0.25, 0.3) is 0 Å². The molecule has 0 aliphatic rings. The maximum atomic E-state index is 3.59. The molecule has 0 saturated heterocycles. The van der Waals surface area contributed by atoms with Gasteiger partial charge in [0.15, 0.2) is 0 Å². The average molecular weight is 359 g/mol. The van der Waals surface area contributed by atoms with Crippen molar-refractivity contribution in [3.63, 3.8) is 0 Å². The summed E-state index contributed by atoms with van der Waals surface area (Å²) in [6.45, 7) is 0. The van der Waals surface area contributed by atoms with Gasteiger partial charge in [-0.2, -0.15) is 0 Å². The molecule has 0 fully saturated rings. The fourth-order valence-corrected chi connectivity index (χ4v) is 3.52. The van der Waals surface area contributed by atoms with Gasteiger partial charge in [0.05, 0.1) is 2.86 Å². The second-order valence-corrected chi connectivity index (χ2v) is 11.9.